The first kappa shape index (κ1) is 14.6. The Balaban J connectivity index is 0.00000169. The van der Waals surface area contributed by atoms with E-state index in [0.717, 1.165) is 5.56 Å². The van der Waals surface area contributed by atoms with Crippen LogP contribution in [0.1, 0.15) is 11.1 Å². The quantitative estimate of drug-likeness (QED) is 0.342. The Morgan fingerprint density at radius 2 is 1.79 bits per heavy atom. The number of hydrogen-bond donors (Lipinski definition) is 1. The van der Waals surface area contributed by atoms with Gasteiger partial charge in [-0.25, -0.2) is 8.42 Å². The monoisotopic (exact) mass is 239 g/mol. The smallest absolute Gasteiger partial charge is 0.744 e. The molecule has 1 aromatic rings. The summed E-state index contributed by atoms with van der Waals surface area (Å²) >= 11 is 0. The molecule has 0 atom stereocenters. The number of benzene rings is 1. The molecule has 0 heterocycles. The first-order valence-electron chi connectivity index (χ1n) is 3.65. The number of nitrogen functional groups attached to an aromatic ring is 1. The summed E-state index contributed by atoms with van der Waals surface area (Å²) in [6, 6.07) is 3.10. The Hall–Kier alpha value is 0.566. The van der Waals surface area contributed by atoms with Crippen molar-refractivity contribution in [2.24, 2.45) is 0 Å². The number of hydrogen-bond acceptors (Lipinski definition) is 4. The minimum Gasteiger partial charge on any atom is -0.744 e. The van der Waals surface area contributed by atoms with Crippen molar-refractivity contribution in [2.45, 2.75) is 18.7 Å². The van der Waals surface area contributed by atoms with Gasteiger partial charge in [0.05, 0.1) is 4.90 Å². The molecule has 4 nitrogen and oxygen atoms in total. The van der Waals surface area contributed by atoms with Gasteiger partial charge in [-0.1, -0.05) is 6.07 Å². The summed E-state index contributed by atoms with van der Waals surface area (Å²) in [6.07, 6.45) is 0. The molecule has 0 spiro atoms. The van der Waals surface area contributed by atoms with E-state index in [9.17, 15) is 13.0 Å². The molecule has 0 saturated carbocycles. The van der Waals surface area contributed by atoms with Crippen LogP contribution in [0.3, 0.4) is 0 Å². The van der Waals surface area contributed by atoms with Crippen LogP contribution in [0.25, 0.3) is 0 Å². The van der Waals surface area contributed by atoms with Gasteiger partial charge < -0.3 is 10.3 Å². The molecule has 0 aromatic heterocycles. The third-order valence-corrected chi connectivity index (χ3v) is 3.00. The maximum Gasteiger partial charge on any atom is 1.00 e. The second-order valence-corrected chi connectivity index (χ2v) is 4.20. The second kappa shape index (κ2) is 5.06. The molecule has 72 valence electrons. The molecular formula is C8H10KNO3S. The summed E-state index contributed by atoms with van der Waals surface area (Å²) in [5.41, 5.74) is 6.57. The Morgan fingerprint density at radius 1 is 1.29 bits per heavy atom. The second-order valence-electron chi connectivity index (χ2n) is 2.88. The van der Waals surface area contributed by atoms with Gasteiger partial charge in [-0.15, -0.1) is 0 Å². The van der Waals surface area contributed by atoms with E-state index in [1.54, 1.807) is 19.9 Å². The number of rotatable bonds is 1. The minimum atomic E-state index is -4.46. The van der Waals surface area contributed by atoms with Crippen LogP contribution in [0, 0.1) is 13.8 Å². The molecule has 0 fully saturated rings. The van der Waals surface area contributed by atoms with E-state index in [-0.39, 0.29) is 62.0 Å². The van der Waals surface area contributed by atoms with Crippen LogP contribution in [-0.4, -0.2) is 13.0 Å². The van der Waals surface area contributed by atoms with Gasteiger partial charge in [0.1, 0.15) is 10.1 Å². The van der Waals surface area contributed by atoms with Gasteiger partial charge in [-0.05, 0) is 31.0 Å². The average Bonchev–Trinajstić information content (AvgIpc) is 1.95. The van der Waals surface area contributed by atoms with E-state index < -0.39 is 10.1 Å². The van der Waals surface area contributed by atoms with Crippen LogP contribution in [-0.2, 0) is 10.1 Å². The van der Waals surface area contributed by atoms with E-state index in [1.165, 1.54) is 6.07 Å². The van der Waals surface area contributed by atoms with Gasteiger partial charge >= 0.3 is 51.4 Å². The molecule has 6 heteroatoms. The third kappa shape index (κ3) is 3.03. The number of anilines is 1. The van der Waals surface area contributed by atoms with Crippen molar-refractivity contribution in [3.8, 4) is 0 Å². The number of aryl methyl sites for hydroxylation is 1. The molecule has 0 aliphatic carbocycles. The van der Waals surface area contributed by atoms with Crippen LogP contribution in [0.5, 0.6) is 0 Å². The van der Waals surface area contributed by atoms with Gasteiger partial charge in [0.2, 0.25) is 0 Å². The Bertz CT molecular complexity index is 442. The zero-order valence-electron chi connectivity index (χ0n) is 8.37. The van der Waals surface area contributed by atoms with Crippen LogP contribution in [0.4, 0.5) is 5.69 Å². The van der Waals surface area contributed by atoms with Crippen LogP contribution >= 0.6 is 0 Å². The fraction of sp³-hybridized carbons (Fsp3) is 0.250. The van der Waals surface area contributed by atoms with E-state index in [0.29, 0.717) is 5.56 Å². The Kier molecular flexibility index (Phi) is 5.27. The average molecular weight is 239 g/mol. The molecule has 14 heavy (non-hydrogen) atoms. The molecular weight excluding hydrogens is 229 g/mol. The van der Waals surface area contributed by atoms with Crippen LogP contribution in [0.2, 0.25) is 0 Å². The van der Waals surface area contributed by atoms with Gasteiger partial charge in [0, 0.05) is 5.69 Å². The summed E-state index contributed by atoms with van der Waals surface area (Å²) < 4.78 is 32.4. The summed E-state index contributed by atoms with van der Waals surface area (Å²) in [6.45, 7) is 3.29. The molecule has 0 aliphatic heterocycles. The first-order chi connectivity index (χ1) is 5.84. The molecule has 0 aliphatic rings. The van der Waals surface area contributed by atoms with Crippen molar-refractivity contribution in [3.63, 3.8) is 0 Å². The largest absolute Gasteiger partial charge is 1.00 e. The molecule has 0 radical (unpaired) electrons. The van der Waals surface area contributed by atoms with E-state index in [2.05, 4.69) is 0 Å². The Labute approximate surface area is 126 Å². The van der Waals surface area contributed by atoms with Crippen molar-refractivity contribution in [2.75, 3.05) is 5.73 Å². The van der Waals surface area contributed by atoms with E-state index in [1.807, 2.05) is 0 Å². The molecule has 0 unspecified atom stereocenters. The van der Waals surface area contributed by atoms with Crippen molar-refractivity contribution < 1.29 is 64.4 Å². The minimum absolute atomic E-state index is 0. The summed E-state index contributed by atoms with van der Waals surface area (Å²) in [7, 11) is -4.46. The molecule has 0 saturated heterocycles. The van der Waals surface area contributed by atoms with Gasteiger partial charge in [-0.3, -0.25) is 0 Å². The van der Waals surface area contributed by atoms with Gasteiger partial charge in [0.25, 0.3) is 0 Å². The SMILES string of the molecule is Cc1ccc(N)c(S(=O)(=O)[O-])c1C.[K+]. The standard InChI is InChI=1S/C8H11NO3S.K/c1-5-3-4-7(9)8(6(5)2)13(10,11)12;/h3-4H,9H2,1-2H3,(H,10,11,12);/q;+1/p-1. The maximum atomic E-state index is 10.8. The molecule has 1 aromatic carbocycles. The number of nitrogens with two attached hydrogens (primary N) is 1. The fourth-order valence-corrected chi connectivity index (χ4v) is 2.04. The summed E-state index contributed by atoms with van der Waals surface area (Å²) in [5, 5.41) is 0. The van der Waals surface area contributed by atoms with Crippen molar-refractivity contribution in [1.29, 1.82) is 0 Å². The molecule has 0 amide bonds. The van der Waals surface area contributed by atoms with Crippen molar-refractivity contribution in [3.05, 3.63) is 23.3 Å². The van der Waals surface area contributed by atoms with E-state index in [4.69, 9.17) is 5.73 Å². The summed E-state index contributed by atoms with van der Waals surface area (Å²) in [4.78, 5) is -0.299. The predicted octanol–water partition coefficient (Wildman–Crippen LogP) is -2.21. The van der Waals surface area contributed by atoms with Gasteiger partial charge in [0.15, 0.2) is 0 Å². The van der Waals surface area contributed by atoms with Crippen molar-refractivity contribution >= 4 is 15.8 Å². The molecule has 2 N–H and O–H groups in total. The fourth-order valence-electron chi connectivity index (χ4n) is 1.14. The molecule has 1 rings (SSSR count). The zero-order valence-corrected chi connectivity index (χ0v) is 12.3. The third-order valence-electron chi connectivity index (χ3n) is 1.96. The molecule has 0 bridgehead atoms. The van der Waals surface area contributed by atoms with Crippen LogP contribution in [0.15, 0.2) is 17.0 Å². The first-order valence-corrected chi connectivity index (χ1v) is 5.06. The van der Waals surface area contributed by atoms with Crippen LogP contribution < -0.4 is 57.1 Å². The van der Waals surface area contributed by atoms with E-state index >= 15 is 0 Å². The maximum absolute atomic E-state index is 10.8. The predicted molar refractivity (Wildman–Crippen MR) is 48.3 cm³/mol. The van der Waals surface area contributed by atoms with Crippen molar-refractivity contribution in [1.82, 2.24) is 0 Å². The normalized spacial score (nSPS) is 10.8. The Morgan fingerprint density at radius 3 is 2.14 bits per heavy atom. The summed E-state index contributed by atoms with van der Waals surface area (Å²) in [5.74, 6) is 0. The topological polar surface area (TPSA) is 83.2 Å². The van der Waals surface area contributed by atoms with Gasteiger partial charge in [-0.2, -0.15) is 0 Å². The zero-order chi connectivity index (χ0) is 10.2.